The molecular formula is C20H17ClFN3O. The molecule has 0 aliphatic carbocycles. The number of rotatable bonds is 5. The number of nitrogens with one attached hydrogen (secondary N) is 2. The highest BCUT2D eigenvalue weighted by molar-refractivity contribution is 6.30. The van der Waals surface area contributed by atoms with Crippen molar-refractivity contribution in [2.45, 2.75) is 13.3 Å². The van der Waals surface area contributed by atoms with Crippen LogP contribution in [0.2, 0.25) is 5.02 Å². The van der Waals surface area contributed by atoms with Crippen molar-refractivity contribution >= 4 is 34.7 Å². The van der Waals surface area contributed by atoms with E-state index in [1.807, 2.05) is 25.1 Å². The van der Waals surface area contributed by atoms with E-state index >= 15 is 0 Å². The molecule has 4 nitrogen and oxygen atoms in total. The fourth-order valence-corrected chi connectivity index (χ4v) is 2.57. The fourth-order valence-electron chi connectivity index (χ4n) is 2.40. The molecule has 6 heteroatoms. The van der Waals surface area contributed by atoms with Gasteiger partial charge in [-0.1, -0.05) is 29.8 Å². The van der Waals surface area contributed by atoms with Crippen LogP contribution in [0.4, 0.5) is 21.6 Å². The van der Waals surface area contributed by atoms with Crippen LogP contribution in [0.15, 0.2) is 60.8 Å². The maximum Gasteiger partial charge on any atom is 0.228 e. The van der Waals surface area contributed by atoms with E-state index in [0.29, 0.717) is 16.5 Å². The predicted molar refractivity (Wildman–Crippen MR) is 102 cm³/mol. The highest BCUT2D eigenvalue weighted by Gasteiger charge is 2.06. The average molecular weight is 370 g/mol. The van der Waals surface area contributed by atoms with Gasteiger partial charge in [-0.3, -0.25) is 4.79 Å². The first-order valence-electron chi connectivity index (χ1n) is 8.03. The number of carbonyl (C=O) groups is 1. The number of hydrogen-bond donors (Lipinski definition) is 2. The summed E-state index contributed by atoms with van der Waals surface area (Å²) in [7, 11) is 0. The number of anilines is 3. The van der Waals surface area contributed by atoms with Gasteiger partial charge in [0.25, 0.3) is 0 Å². The highest BCUT2D eigenvalue weighted by Crippen LogP contribution is 2.23. The molecule has 2 aromatic carbocycles. The summed E-state index contributed by atoms with van der Waals surface area (Å²) in [5.74, 6) is 0.132. The smallest absolute Gasteiger partial charge is 0.228 e. The van der Waals surface area contributed by atoms with Crippen LogP contribution in [-0.4, -0.2) is 10.9 Å². The number of pyridine rings is 1. The zero-order chi connectivity index (χ0) is 18.5. The molecule has 0 fully saturated rings. The minimum atomic E-state index is -0.323. The Kier molecular flexibility index (Phi) is 5.49. The topological polar surface area (TPSA) is 54.0 Å². The van der Waals surface area contributed by atoms with E-state index in [1.54, 1.807) is 30.5 Å². The Bertz CT molecular complexity index is 911. The molecule has 0 saturated heterocycles. The van der Waals surface area contributed by atoms with Crippen molar-refractivity contribution in [2.24, 2.45) is 0 Å². The number of benzene rings is 2. The lowest BCUT2D eigenvalue weighted by atomic mass is 10.1. The van der Waals surface area contributed by atoms with Crippen LogP contribution in [0.25, 0.3) is 0 Å². The van der Waals surface area contributed by atoms with Gasteiger partial charge in [-0.05, 0) is 54.4 Å². The summed E-state index contributed by atoms with van der Waals surface area (Å²) in [6, 6.07) is 15.0. The van der Waals surface area contributed by atoms with Gasteiger partial charge >= 0.3 is 0 Å². The van der Waals surface area contributed by atoms with Gasteiger partial charge in [-0.25, -0.2) is 9.37 Å². The van der Waals surface area contributed by atoms with Gasteiger partial charge in [0, 0.05) is 10.7 Å². The van der Waals surface area contributed by atoms with Gasteiger partial charge in [-0.15, -0.1) is 0 Å². The van der Waals surface area contributed by atoms with E-state index in [0.717, 1.165) is 16.8 Å². The lowest BCUT2D eigenvalue weighted by molar-refractivity contribution is -0.115. The van der Waals surface area contributed by atoms with E-state index < -0.39 is 0 Å². The standard InChI is InChI=1S/C20H17ClFN3O/c1-13-2-5-15(21)11-18(13)25-19-9-8-17(12-23-19)24-20(26)10-14-3-6-16(22)7-4-14/h2-9,11-12H,10H2,1H3,(H,23,25)(H,24,26). The Balaban J connectivity index is 1.61. The van der Waals surface area contributed by atoms with Crippen molar-refractivity contribution in [3.05, 3.63) is 82.8 Å². The first kappa shape index (κ1) is 17.9. The summed E-state index contributed by atoms with van der Waals surface area (Å²) in [6.07, 6.45) is 1.74. The Hall–Kier alpha value is -2.92. The summed E-state index contributed by atoms with van der Waals surface area (Å²) in [5.41, 5.74) is 3.25. The quantitative estimate of drug-likeness (QED) is 0.657. The van der Waals surface area contributed by atoms with Crippen LogP contribution in [0.1, 0.15) is 11.1 Å². The molecule has 1 aromatic heterocycles. The lowest BCUT2D eigenvalue weighted by Crippen LogP contribution is -2.14. The molecule has 1 amide bonds. The van der Waals surface area contributed by atoms with Crippen LogP contribution in [0, 0.1) is 12.7 Å². The molecule has 26 heavy (non-hydrogen) atoms. The van der Waals surface area contributed by atoms with E-state index in [4.69, 9.17) is 11.6 Å². The van der Waals surface area contributed by atoms with Gasteiger partial charge in [0.05, 0.1) is 18.3 Å². The number of amides is 1. The molecule has 3 rings (SSSR count). The summed E-state index contributed by atoms with van der Waals surface area (Å²) in [6.45, 7) is 1.97. The molecular weight excluding hydrogens is 353 g/mol. The SMILES string of the molecule is Cc1ccc(Cl)cc1Nc1ccc(NC(=O)Cc2ccc(F)cc2)cn1. The third-order valence-electron chi connectivity index (χ3n) is 3.79. The van der Waals surface area contributed by atoms with Crippen molar-refractivity contribution in [3.8, 4) is 0 Å². The maximum atomic E-state index is 12.9. The van der Waals surface area contributed by atoms with Gasteiger partial charge in [0.2, 0.25) is 5.91 Å². The number of nitrogens with zero attached hydrogens (tertiary/aromatic N) is 1. The number of aromatic nitrogens is 1. The molecule has 0 radical (unpaired) electrons. The van der Waals surface area contributed by atoms with Crippen molar-refractivity contribution in [1.82, 2.24) is 4.98 Å². The highest BCUT2D eigenvalue weighted by atomic mass is 35.5. The summed E-state index contributed by atoms with van der Waals surface area (Å²) in [4.78, 5) is 16.4. The molecule has 0 aliphatic heterocycles. The Labute approximate surface area is 156 Å². The van der Waals surface area contributed by atoms with E-state index in [1.165, 1.54) is 12.1 Å². The van der Waals surface area contributed by atoms with Crippen LogP contribution >= 0.6 is 11.6 Å². The molecule has 0 spiro atoms. The second-order valence-electron chi connectivity index (χ2n) is 5.87. The third-order valence-corrected chi connectivity index (χ3v) is 4.02. The van der Waals surface area contributed by atoms with E-state index in [9.17, 15) is 9.18 Å². The Morgan fingerprint density at radius 1 is 1.12 bits per heavy atom. The molecule has 0 atom stereocenters. The third kappa shape index (κ3) is 4.80. The molecule has 1 heterocycles. The number of hydrogen-bond acceptors (Lipinski definition) is 3. The van der Waals surface area contributed by atoms with Crippen LogP contribution in [0.3, 0.4) is 0 Å². The summed E-state index contributed by atoms with van der Waals surface area (Å²) in [5, 5.41) is 6.61. The van der Waals surface area contributed by atoms with Gasteiger partial charge in [0.1, 0.15) is 11.6 Å². The number of aryl methyl sites for hydroxylation is 1. The second-order valence-corrected chi connectivity index (χ2v) is 6.30. The molecule has 0 saturated carbocycles. The van der Waals surface area contributed by atoms with Gasteiger partial charge in [-0.2, -0.15) is 0 Å². The van der Waals surface area contributed by atoms with E-state index in [2.05, 4.69) is 15.6 Å². The monoisotopic (exact) mass is 369 g/mol. The van der Waals surface area contributed by atoms with E-state index in [-0.39, 0.29) is 18.1 Å². The minimum Gasteiger partial charge on any atom is -0.340 e. The fraction of sp³-hybridized carbons (Fsp3) is 0.100. The molecule has 3 aromatic rings. The van der Waals surface area contributed by atoms with Crippen molar-refractivity contribution in [2.75, 3.05) is 10.6 Å². The molecule has 2 N–H and O–H groups in total. The van der Waals surface area contributed by atoms with Crippen LogP contribution in [0.5, 0.6) is 0 Å². The van der Waals surface area contributed by atoms with Crippen LogP contribution < -0.4 is 10.6 Å². The zero-order valence-electron chi connectivity index (χ0n) is 14.1. The molecule has 0 bridgehead atoms. The number of carbonyl (C=O) groups excluding carboxylic acids is 1. The van der Waals surface area contributed by atoms with Crippen molar-refractivity contribution in [1.29, 1.82) is 0 Å². The predicted octanol–water partition coefficient (Wildman–Crippen LogP) is 5.11. The Morgan fingerprint density at radius 2 is 1.88 bits per heavy atom. The maximum absolute atomic E-state index is 12.9. The largest absolute Gasteiger partial charge is 0.340 e. The van der Waals surface area contributed by atoms with Gasteiger partial charge in [0.15, 0.2) is 0 Å². The summed E-state index contributed by atoms with van der Waals surface area (Å²) < 4.78 is 12.9. The first-order chi connectivity index (χ1) is 12.5. The lowest BCUT2D eigenvalue weighted by Gasteiger charge is -2.10. The minimum absolute atomic E-state index is 0.169. The first-order valence-corrected chi connectivity index (χ1v) is 8.41. The normalized spacial score (nSPS) is 10.4. The summed E-state index contributed by atoms with van der Waals surface area (Å²) >= 11 is 6.01. The molecule has 0 aliphatic rings. The second kappa shape index (κ2) is 7.97. The van der Waals surface area contributed by atoms with Crippen LogP contribution in [-0.2, 0) is 11.2 Å². The average Bonchev–Trinajstić information content (AvgIpc) is 2.62. The molecule has 132 valence electrons. The van der Waals surface area contributed by atoms with Crippen molar-refractivity contribution in [3.63, 3.8) is 0 Å². The Morgan fingerprint density at radius 3 is 2.58 bits per heavy atom. The zero-order valence-corrected chi connectivity index (χ0v) is 14.8. The molecule has 0 unspecified atom stereocenters. The number of halogens is 2. The van der Waals surface area contributed by atoms with Crippen molar-refractivity contribution < 1.29 is 9.18 Å². The van der Waals surface area contributed by atoms with Gasteiger partial charge < -0.3 is 10.6 Å².